The number of carbonyl (C=O) groups is 3. The number of carbonyl (C=O) groups excluding carboxylic acids is 3. The maximum absolute atomic E-state index is 13.0. The van der Waals surface area contributed by atoms with E-state index < -0.39 is 0 Å². The first-order valence-electron chi connectivity index (χ1n) is 9.91. The van der Waals surface area contributed by atoms with Gasteiger partial charge in [0.15, 0.2) is 0 Å². The summed E-state index contributed by atoms with van der Waals surface area (Å²) < 4.78 is 0. The average Bonchev–Trinajstić information content (AvgIpc) is 2.98. The summed E-state index contributed by atoms with van der Waals surface area (Å²) in [6.45, 7) is 5.45. The highest BCUT2D eigenvalue weighted by Crippen LogP contribution is 2.39. The molecule has 0 unspecified atom stereocenters. The van der Waals surface area contributed by atoms with Gasteiger partial charge in [0.1, 0.15) is 5.00 Å². The molecule has 0 saturated heterocycles. The second-order valence-corrected chi connectivity index (χ2v) is 9.29. The molecule has 2 aliphatic rings. The van der Waals surface area contributed by atoms with Crippen LogP contribution in [0.5, 0.6) is 0 Å². The number of amides is 3. The van der Waals surface area contributed by atoms with Crippen molar-refractivity contribution in [3.05, 3.63) is 51.4 Å². The first kappa shape index (κ1) is 19.6. The van der Waals surface area contributed by atoms with Crippen molar-refractivity contribution < 1.29 is 14.4 Å². The molecule has 1 N–H and O–H groups in total. The Bertz CT molecular complexity index is 978. The van der Waals surface area contributed by atoms with Gasteiger partial charge in [-0.3, -0.25) is 14.4 Å². The normalized spacial score (nSPS) is 16.4. The Morgan fingerprint density at radius 3 is 2.59 bits per heavy atom. The van der Waals surface area contributed by atoms with E-state index in [1.165, 1.54) is 21.8 Å². The third-order valence-electron chi connectivity index (χ3n) is 5.38. The van der Waals surface area contributed by atoms with Crippen molar-refractivity contribution in [1.82, 2.24) is 9.80 Å². The molecule has 2 aromatic rings. The van der Waals surface area contributed by atoms with Crippen LogP contribution in [0.25, 0.3) is 0 Å². The molecule has 1 aromatic carbocycles. The zero-order valence-electron chi connectivity index (χ0n) is 16.9. The summed E-state index contributed by atoms with van der Waals surface area (Å²) in [5.41, 5.74) is 3.49. The summed E-state index contributed by atoms with van der Waals surface area (Å²) in [6.07, 6.45) is 1.62. The largest absolute Gasteiger partial charge is 0.333 e. The predicted molar refractivity (Wildman–Crippen MR) is 113 cm³/mol. The van der Waals surface area contributed by atoms with Gasteiger partial charge in [-0.05, 0) is 42.0 Å². The van der Waals surface area contributed by atoms with Crippen molar-refractivity contribution in [3.8, 4) is 0 Å². The maximum atomic E-state index is 13.0. The van der Waals surface area contributed by atoms with E-state index in [0.29, 0.717) is 41.6 Å². The molecular weight excluding hydrogens is 386 g/mol. The van der Waals surface area contributed by atoms with Crippen LogP contribution in [0.15, 0.2) is 24.3 Å². The highest BCUT2D eigenvalue weighted by molar-refractivity contribution is 7.17. The van der Waals surface area contributed by atoms with Crippen molar-refractivity contribution >= 4 is 34.1 Å². The highest BCUT2D eigenvalue weighted by atomic mass is 32.1. The van der Waals surface area contributed by atoms with E-state index in [4.69, 9.17) is 0 Å². The van der Waals surface area contributed by atoms with Crippen molar-refractivity contribution in [2.45, 2.75) is 33.2 Å². The zero-order chi connectivity index (χ0) is 20.7. The summed E-state index contributed by atoms with van der Waals surface area (Å²) in [4.78, 5) is 42.0. The van der Waals surface area contributed by atoms with Crippen molar-refractivity contribution in [2.75, 3.05) is 25.5 Å². The summed E-state index contributed by atoms with van der Waals surface area (Å²) in [5.74, 6) is 0.264. The van der Waals surface area contributed by atoms with Crippen molar-refractivity contribution in [2.24, 2.45) is 5.92 Å². The molecule has 0 radical (unpaired) electrons. The van der Waals surface area contributed by atoms with E-state index >= 15 is 0 Å². The smallest absolute Gasteiger partial charge is 0.257 e. The number of rotatable bonds is 3. The molecule has 4 rings (SSSR count). The molecule has 3 heterocycles. The van der Waals surface area contributed by atoms with Crippen molar-refractivity contribution in [1.29, 1.82) is 0 Å². The molecule has 29 heavy (non-hydrogen) atoms. The van der Waals surface area contributed by atoms with Gasteiger partial charge in [-0.1, -0.05) is 26.0 Å². The van der Waals surface area contributed by atoms with Crippen LogP contribution < -0.4 is 5.32 Å². The SMILES string of the molecule is CC(C)Cc1ccc(C(=O)N2CCc3c(sc4c3C(=O)N(C)CC(=O)N4)C2)cc1. The minimum atomic E-state index is -0.187. The number of nitrogens with one attached hydrogen (secondary N) is 1. The highest BCUT2D eigenvalue weighted by Gasteiger charge is 2.34. The van der Waals surface area contributed by atoms with Gasteiger partial charge >= 0.3 is 0 Å². The average molecular weight is 412 g/mol. The Hall–Kier alpha value is -2.67. The van der Waals surface area contributed by atoms with Gasteiger partial charge in [0, 0.05) is 24.0 Å². The molecule has 7 heteroatoms. The first-order chi connectivity index (χ1) is 13.8. The number of anilines is 1. The fourth-order valence-corrected chi connectivity index (χ4v) is 5.24. The molecule has 2 aliphatic heterocycles. The second kappa shape index (κ2) is 7.63. The lowest BCUT2D eigenvalue weighted by atomic mass is 10.00. The molecule has 3 amide bonds. The fraction of sp³-hybridized carbons (Fsp3) is 0.409. The number of nitrogens with zero attached hydrogens (tertiary/aromatic N) is 2. The number of thiophene rings is 1. The van der Waals surface area contributed by atoms with Crippen LogP contribution in [-0.4, -0.2) is 47.7 Å². The van der Waals surface area contributed by atoms with Crippen LogP contribution in [0, 0.1) is 5.92 Å². The molecule has 0 spiro atoms. The Kier molecular flexibility index (Phi) is 5.17. The summed E-state index contributed by atoms with van der Waals surface area (Å²) >= 11 is 1.41. The Morgan fingerprint density at radius 2 is 1.90 bits per heavy atom. The second-order valence-electron chi connectivity index (χ2n) is 8.19. The minimum absolute atomic E-state index is 0.00261. The van der Waals surface area contributed by atoms with E-state index in [2.05, 4.69) is 19.2 Å². The fourth-order valence-electron chi connectivity index (χ4n) is 3.97. The molecule has 0 aliphatic carbocycles. The molecule has 1 aromatic heterocycles. The third kappa shape index (κ3) is 3.79. The predicted octanol–water partition coefficient (Wildman–Crippen LogP) is 3.17. The Labute approximate surface area is 174 Å². The number of benzene rings is 1. The molecule has 0 atom stereocenters. The maximum Gasteiger partial charge on any atom is 0.257 e. The summed E-state index contributed by atoms with van der Waals surface area (Å²) in [7, 11) is 1.64. The molecular formula is C22H25N3O3S. The van der Waals surface area contributed by atoms with E-state index in [-0.39, 0.29) is 24.3 Å². The van der Waals surface area contributed by atoms with Gasteiger partial charge in [0.05, 0.1) is 18.7 Å². The van der Waals surface area contributed by atoms with Crippen LogP contribution in [-0.2, 0) is 24.2 Å². The van der Waals surface area contributed by atoms with Gasteiger partial charge in [0.2, 0.25) is 5.91 Å². The number of hydrogen-bond donors (Lipinski definition) is 1. The van der Waals surface area contributed by atoms with E-state index in [9.17, 15) is 14.4 Å². The molecule has 6 nitrogen and oxygen atoms in total. The van der Waals surface area contributed by atoms with Crippen molar-refractivity contribution in [3.63, 3.8) is 0 Å². The van der Waals surface area contributed by atoms with Gasteiger partial charge in [-0.2, -0.15) is 0 Å². The first-order valence-corrected chi connectivity index (χ1v) is 10.7. The lowest BCUT2D eigenvalue weighted by molar-refractivity contribution is -0.116. The third-order valence-corrected chi connectivity index (χ3v) is 6.52. The van der Waals surface area contributed by atoms with Gasteiger partial charge < -0.3 is 15.1 Å². The van der Waals surface area contributed by atoms with Crippen LogP contribution >= 0.6 is 11.3 Å². The Morgan fingerprint density at radius 1 is 1.17 bits per heavy atom. The topological polar surface area (TPSA) is 69.7 Å². The standard InChI is InChI=1S/C22H25N3O3S/c1-13(2)10-14-4-6-15(7-5-14)21(27)25-9-8-16-17(11-25)29-20-19(16)22(28)24(3)12-18(26)23-20/h4-7,13H,8-12H2,1-3H3,(H,23,26). The van der Waals surface area contributed by atoms with Crippen LogP contribution in [0.4, 0.5) is 5.00 Å². The van der Waals surface area contributed by atoms with Crippen LogP contribution in [0.3, 0.4) is 0 Å². The molecule has 0 saturated carbocycles. The molecule has 152 valence electrons. The van der Waals surface area contributed by atoms with E-state index in [1.807, 2.05) is 29.2 Å². The lowest BCUT2D eigenvalue weighted by Crippen LogP contribution is -2.36. The number of fused-ring (bicyclic) bond motifs is 3. The van der Waals surface area contributed by atoms with Crippen LogP contribution in [0.2, 0.25) is 0 Å². The summed E-state index contributed by atoms with van der Waals surface area (Å²) in [5, 5.41) is 3.46. The lowest BCUT2D eigenvalue weighted by Gasteiger charge is -2.27. The quantitative estimate of drug-likeness (QED) is 0.843. The summed E-state index contributed by atoms with van der Waals surface area (Å²) in [6, 6.07) is 7.86. The van der Waals surface area contributed by atoms with Gasteiger partial charge in [-0.15, -0.1) is 11.3 Å². The minimum Gasteiger partial charge on any atom is -0.333 e. The zero-order valence-corrected chi connectivity index (χ0v) is 17.8. The Balaban J connectivity index is 1.55. The number of hydrogen-bond acceptors (Lipinski definition) is 4. The monoisotopic (exact) mass is 411 g/mol. The van der Waals surface area contributed by atoms with Gasteiger partial charge in [-0.25, -0.2) is 0 Å². The molecule has 0 fully saturated rings. The van der Waals surface area contributed by atoms with E-state index in [1.54, 1.807) is 7.05 Å². The number of likely N-dealkylation sites (N-methyl/N-ethyl adjacent to an activating group) is 1. The van der Waals surface area contributed by atoms with Gasteiger partial charge in [0.25, 0.3) is 11.8 Å². The molecule has 0 bridgehead atoms. The van der Waals surface area contributed by atoms with E-state index in [0.717, 1.165) is 16.9 Å². The van der Waals surface area contributed by atoms with Crippen LogP contribution in [0.1, 0.15) is 50.6 Å².